The zero-order valence-electron chi connectivity index (χ0n) is 8.39. The van der Waals surface area contributed by atoms with E-state index in [-0.39, 0.29) is 0 Å². The molecule has 0 unspecified atom stereocenters. The molecule has 1 heterocycles. The molecule has 0 bridgehead atoms. The average molecular weight is 163 g/mol. The van der Waals surface area contributed by atoms with E-state index < -0.39 is 0 Å². The van der Waals surface area contributed by atoms with Gasteiger partial charge in [0.25, 0.3) is 0 Å². The van der Waals surface area contributed by atoms with Crippen LogP contribution in [-0.2, 0) is 0 Å². The molecule has 1 nitrogen and oxygen atoms in total. The van der Waals surface area contributed by atoms with E-state index in [9.17, 15) is 0 Å². The number of pyridine rings is 1. The van der Waals surface area contributed by atoms with Crippen LogP contribution in [0.25, 0.3) is 6.08 Å². The molecular formula is C11H17N. The van der Waals surface area contributed by atoms with E-state index in [1.807, 2.05) is 40.0 Å². The Bertz CT molecular complexity index is 251. The zero-order valence-corrected chi connectivity index (χ0v) is 8.39. The predicted octanol–water partition coefficient (Wildman–Crippen LogP) is 3.37. The maximum Gasteiger partial charge on any atom is 0.0444 e. The number of nitrogens with zero attached hydrogens (tertiary/aromatic N) is 1. The summed E-state index contributed by atoms with van der Waals surface area (Å²) in [6.07, 6.45) is 3.69. The van der Waals surface area contributed by atoms with Gasteiger partial charge < -0.3 is 0 Å². The predicted molar refractivity (Wildman–Crippen MR) is 55.2 cm³/mol. The van der Waals surface area contributed by atoms with Crippen molar-refractivity contribution in [2.75, 3.05) is 0 Å². The first-order valence-electron chi connectivity index (χ1n) is 4.29. The van der Waals surface area contributed by atoms with Gasteiger partial charge in [-0.1, -0.05) is 26.5 Å². The van der Waals surface area contributed by atoms with Crippen LogP contribution < -0.4 is 0 Å². The van der Waals surface area contributed by atoms with Gasteiger partial charge >= 0.3 is 0 Å². The fraction of sp³-hybridized carbons (Fsp3) is 0.364. The van der Waals surface area contributed by atoms with Crippen LogP contribution >= 0.6 is 0 Å². The topological polar surface area (TPSA) is 12.9 Å². The van der Waals surface area contributed by atoms with Gasteiger partial charge in [-0.25, -0.2) is 0 Å². The van der Waals surface area contributed by atoms with Crippen LogP contribution in [-0.4, -0.2) is 4.98 Å². The normalized spacial score (nSPS) is 8.33. The molecule has 0 amide bonds. The maximum atomic E-state index is 4.18. The minimum atomic E-state index is 1.04. The highest BCUT2D eigenvalue weighted by Crippen LogP contribution is 2.07. The van der Waals surface area contributed by atoms with E-state index in [0.717, 1.165) is 11.3 Å². The van der Waals surface area contributed by atoms with Gasteiger partial charge in [0, 0.05) is 11.9 Å². The second kappa shape index (κ2) is 5.53. The van der Waals surface area contributed by atoms with Crippen LogP contribution in [0.1, 0.15) is 30.7 Å². The molecule has 1 heteroatoms. The molecular weight excluding hydrogens is 146 g/mol. The summed E-state index contributed by atoms with van der Waals surface area (Å²) < 4.78 is 0. The summed E-state index contributed by atoms with van der Waals surface area (Å²) in [6, 6.07) is 2.08. The fourth-order valence-corrected chi connectivity index (χ4v) is 0.867. The number of hydrogen-bond donors (Lipinski definition) is 0. The Balaban J connectivity index is 0.000000561. The summed E-state index contributed by atoms with van der Waals surface area (Å²) in [5.74, 6) is 0. The highest BCUT2D eigenvalue weighted by molar-refractivity contribution is 5.49. The van der Waals surface area contributed by atoms with E-state index >= 15 is 0 Å². The van der Waals surface area contributed by atoms with Gasteiger partial charge in [0.15, 0.2) is 0 Å². The van der Waals surface area contributed by atoms with Crippen LogP contribution in [0.15, 0.2) is 18.8 Å². The van der Waals surface area contributed by atoms with E-state index in [0.29, 0.717) is 0 Å². The second-order valence-corrected chi connectivity index (χ2v) is 2.39. The monoisotopic (exact) mass is 163 g/mol. The fourth-order valence-electron chi connectivity index (χ4n) is 0.867. The van der Waals surface area contributed by atoms with Gasteiger partial charge in [-0.2, -0.15) is 0 Å². The molecule has 0 spiro atoms. The van der Waals surface area contributed by atoms with Crippen molar-refractivity contribution in [2.45, 2.75) is 27.7 Å². The first kappa shape index (κ1) is 10.9. The van der Waals surface area contributed by atoms with E-state index in [1.165, 1.54) is 5.56 Å². The zero-order chi connectivity index (χ0) is 9.56. The number of hydrogen-bond acceptors (Lipinski definition) is 1. The van der Waals surface area contributed by atoms with Gasteiger partial charge in [0.2, 0.25) is 0 Å². The van der Waals surface area contributed by atoms with E-state index in [2.05, 4.69) is 17.6 Å². The van der Waals surface area contributed by atoms with Crippen molar-refractivity contribution in [1.29, 1.82) is 0 Å². The number of aryl methyl sites for hydroxylation is 2. The summed E-state index contributed by atoms with van der Waals surface area (Å²) in [7, 11) is 0. The lowest BCUT2D eigenvalue weighted by atomic mass is 10.1. The molecule has 0 fully saturated rings. The number of rotatable bonds is 1. The Labute approximate surface area is 75.2 Å². The third-order valence-corrected chi connectivity index (χ3v) is 1.48. The van der Waals surface area contributed by atoms with Gasteiger partial charge in [-0.15, -0.1) is 0 Å². The third kappa shape index (κ3) is 2.87. The van der Waals surface area contributed by atoms with E-state index in [4.69, 9.17) is 0 Å². The molecule has 0 N–H and O–H groups in total. The minimum absolute atomic E-state index is 1.04. The Morgan fingerprint density at radius 2 is 1.92 bits per heavy atom. The molecule has 0 radical (unpaired) electrons. The molecule has 66 valence electrons. The molecule has 0 saturated carbocycles. The SMILES string of the molecule is C=Cc1cc(C)cnc1C.CC. The van der Waals surface area contributed by atoms with Gasteiger partial charge in [0.1, 0.15) is 0 Å². The molecule has 1 aromatic heterocycles. The molecule has 0 aromatic carbocycles. The molecule has 1 aromatic rings. The molecule has 12 heavy (non-hydrogen) atoms. The highest BCUT2D eigenvalue weighted by Gasteiger charge is 1.92. The van der Waals surface area contributed by atoms with Crippen molar-refractivity contribution in [3.63, 3.8) is 0 Å². The summed E-state index contributed by atoms with van der Waals surface area (Å²) in [6.45, 7) is 11.7. The lowest BCUT2D eigenvalue weighted by Crippen LogP contribution is -1.86. The quantitative estimate of drug-likeness (QED) is 0.618. The molecule has 1 rings (SSSR count). The van der Waals surface area contributed by atoms with Crippen LogP contribution in [0.5, 0.6) is 0 Å². The molecule has 0 atom stereocenters. The summed E-state index contributed by atoms with van der Waals surface area (Å²) >= 11 is 0. The molecule has 0 aliphatic rings. The molecule has 0 saturated heterocycles. The highest BCUT2D eigenvalue weighted by atomic mass is 14.7. The first-order valence-corrected chi connectivity index (χ1v) is 4.29. The lowest BCUT2D eigenvalue weighted by molar-refractivity contribution is 1.16. The maximum absolute atomic E-state index is 4.18. The van der Waals surface area contributed by atoms with Crippen molar-refractivity contribution in [3.05, 3.63) is 35.7 Å². The summed E-state index contributed by atoms with van der Waals surface area (Å²) in [5, 5.41) is 0. The van der Waals surface area contributed by atoms with Crippen molar-refractivity contribution < 1.29 is 0 Å². The van der Waals surface area contributed by atoms with Gasteiger partial charge in [-0.3, -0.25) is 4.98 Å². The van der Waals surface area contributed by atoms with Crippen LogP contribution in [0.4, 0.5) is 0 Å². The van der Waals surface area contributed by atoms with Crippen molar-refractivity contribution in [1.82, 2.24) is 4.98 Å². The second-order valence-electron chi connectivity index (χ2n) is 2.39. The largest absolute Gasteiger partial charge is 0.261 e. The van der Waals surface area contributed by atoms with Crippen molar-refractivity contribution >= 4 is 6.08 Å². The standard InChI is InChI=1S/C9H11N.C2H6/c1-4-9-5-7(2)6-10-8(9)3;1-2/h4-6H,1H2,2-3H3;1-2H3. The average Bonchev–Trinajstić information content (AvgIpc) is 2.13. The first-order chi connectivity index (χ1) is 5.74. The van der Waals surface area contributed by atoms with Gasteiger partial charge in [-0.05, 0) is 31.0 Å². The van der Waals surface area contributed by atoms with Crippen LogP contribution in [0, 0.1) is 13.8 Å². The third-order valence-electron chi connectivity index (χ3n) is 1.48. The smallest absolute Gasteiger partial charge is 0.0444 e. The number of aromatic nitrogens is 1. The van der Waals surface area contributed by atoms with E-state index in [1.54, 1.807) is 0 Å². The van der Waals surface area contributed by atoms with Crippen molar-refractivity contribution in [2.24, 2.45) is 0 Å². The Morgan fingerprint density at radius 3 is 2.33 bits per heavy atom. The van der Waals surface area contributed by atoms with Gasteiger partial charge in [0.05, 0.1) is 0 Å². The van der Waals surface area contributed by atoms with Crippen molar-refractivity contribution in [3.8, 4) is 0 Å². The Morgan fingerprint density at radius 1 is 1.33 bits per heavy atom. The summed E-state index contributed by atoms with van der Waals surface area (Å²) in [5.41, 5.74) is 3.35. The minimum Gasteiger partial charge on any atom is -0.261 e. The Hall–Kier alpha value is -1.11. The Kier molecular flexibility index (Phi) is 5.02. The molecule has 0 aliphatic heterocycles. The lowest BCUT2D eigenvalue weighted by Gasteiger charge is -1.98. The van der Waals surface area contributed by atoms with Crippen LogP contribution in [0.2, 0.25) is 0 Å². The summed E-state index contributed by atoms with van der Waals surface area (Å²) in [4.78, 5) is 4.18. The molecule has 0 aliphatic carbocycles. The van der Waals surface area contributed by atoms with Crippen LogP contribution in [0.3, 0.4) is 0 Å².